The average Bonchev–Trinajstić information content (AvgIpc) is 2.52. The van der Waals surface area contributed by atoms with Gasteiger partial charge in [0.25, 0.3) is 0 Å². The van der Waals surface area contributed by atoms with Crippen LogP contribution in [0, 0.1) is 5.92 Å². The molecule has 0 heterocycles. The number of hydrogen-bond donors (Lipinski definition) is 3. The quantitative estimate of drug-likeness (QED) is 0.527. The van der Waals surface area contributed by atoms with Crippen molar-refractivity contribution in [3.05, 3.63) is 18.2 Å². The SMILES string of the molecule is CCNC(=NCC(C)CO)Nc1ccc(OC)c(OC)c1. The Balaban J connectivity index is 2.83. The van der Waals surface area contributed by atoms with Crippen LogP contribution in [-0.2, 0) is 0 Å². The summed E-state index contributed by atoms with van der Waals surface area (Å²) in [7, 11) is 3.20. The van der Waals surface area contributed by atoms with Crippen LogP contribution in [0.3, 0.4) is 0 Å². The van der Waals surface area contributed by atoms with E-state index in [4.69, 9.17) is 14.6 Å². The Morgan fingerprint density at radius 3 is 2.57 bits per heavy atom. The fraction of sp³-hybridized carbons (Fsp3) is 0.533. The second kappa shape index (κ2) is 9.07. The molecule has 6 heteroatoms. The van der Waals surface area contributed by atoms with Crippen LogP contribution in [0.1, 0.15) is 13.8 Å². The lowest BCUT2D eigenvalue weighted by molar-refractivity contribution is 0.241. The van der Waals surface area contributed by atoms with Crippen LogP contribution in [0.5, 0.6) is 11.5 Å². The van der Waals surface area contributed by atoms with Gasteiger partial charge < -0.3 is 25.2 Å². The lowest BCUT2D eigenvalue weighted by Crippen LogP contribution is -2.31. The van der Waals surface area contributed by atoms with E-state index in [2.05, 4.69) is 15.6 Å². The zero-order valence-corrected chi connectivity index (χ0v) is 13.1. The average molecular weight is 295 g/mol. The Kier molecular flexibility index (Phi) is 7.39. The Bertz CT molecular complexity index is 463. The molecule has 0 saturated carbocycles. The number of aliphatic imine (C=N–C) groups is 1. The van der Waals surface area contributed by atoms with E-state index in [-0.39, 0.29) is 12.5 Å². The molecule has 1 unspecified atom stereocenters. The normalized spacial score (nSPS) is 12.7. The van der Waals surface area contributed by atoms with E-state index < -0.39 is 0 Å². The molecule has 1 aromatic carbocycles. The van der Waals surface area contributed by atoms with Gasteiger partial charge in [0.2, 0.25) is 0 Å². The zero-order chi connectivity index (χ0) is 15.7. The highest BCUT2D eigenvalue weighted by Crippen LogP contribution is 2.29. The Labute approximate surface area is 126 Å². The standard InChI is InChI=1S/C15H25N3O3/c1-5-16-15(17-9-11(2)10-19)18-12-6-7-13(20-3)14(8-12)21-4/h6-8,11,19H,5,9-10H2,1-4H3,(H2,16,17,18). The van der Waals surface area contributed by atoms with Crippen molar-refractivity contribution in [2.45, 2.75) is 13.8 Å². The van der Waals surface area contributed by atoms with Crippen LogP contribution < -0.4 is 20.1 Å². The van der Waals surface area contributed by atoms with Gasteiger partial charge in [-0.15, -0.1) is 0 Å². The van der Waals surface area contributed by atoms with Crippen molar-refractivity contribution in [3.63, 3.8) is 0 Å². The maximum Gasteiger partial charge on any atom is 0.195 e. The second-order valence-electron chi connectivity index (χ2n) is 4.70. The molecule has 0 fully saturated rings. The summed E-state index contributed by atoms with van der Waals surface area (Å²) in [5, 5.41) is 15.4. The minimum absolute atomic E-state index is 0.124. The number of guanidine groups is 1. The van der Waals surface area contributed by atoms with Gasteiger partial charge in [0, 0.05) is 31.5 Å². The van der Waals surface area contributed by atoms with Gasteiger partial charge in [-0.3, -0.25) is 4.99 Å². The van der Waals surface area contributed by atoms with Crippen molar-refractivity contribution in [3.8, 4) is 11.5 Å². The number of benzene rings is 1. The summed E-state index contributed by atoms with van der Waals surface area (Å²) in [6, 6.07) is 5.58. The first-order valence-electron chi connectivity index (χ1n) is 7.02. The van der Waals surface area contributed by atoms with E-state index >= 15 is 0 Å². The van der Waals surface area contributed by atoms with Crippen molar-refractivity contribution in [1.82, 2.24) is 5.32 Å². The van der Waals surface area contributed by atoms with Crippen molar-refractivity contribution >= 4 is 11.6 Å². The number of hydrogen-bond acceptors (Lipinski definition) is 4. The van der Waals surface area contributed by atoms with Crippen LogP contribution in [-0.4, -0.2) is 45.0 Å². The maximum atomic E-state index is 9.05. The number of aliphatic hydroxyl groups excluding tert-OH is 1. The van der Waals surface area contributed by atoms with E-state index in [0.29, 0.717) is 24.0 Å². The molecule has 0 bridgehead atoms. The van der Waals surface area contributed by atoms with Gasteiger partial charge in [-0.05, 0) is 25.0 Å². The summed E-state index contributed by atoms with van der Waals surface area (Å²) < 4.78 is 10.5. The van der Waals surface area contributed by atoms with Gasteiger partial charge in [-0.25, -0.2) is 0 Å². The molecule has 0 aliphatic heterocycles. The zero-order valence-electron chi connectivity index (χ0n) is 13.1. The van der Waals surface area contributed by atoms with Crippen LogP contribution in [0.4, 0.5) is 5.69 Å². The molecule has 1 rings (SSSR count). The van der Waals surface area contributed by atoms with Gasteiger partial charge in [-0.1, -0.05) is 6.92 Å². The summed E-state index contributed by atoms with van der Waals surface area (Å²) in [6.07, 6.45) is 0. The van der Waals surface area contributed by atoms with E-state index in [1.807, 2.05) is 32.0 Å². The summed E-state index contributed by atoms with van der Waals surface area (Å²) in [4.78, 5) is 4.44. The third-order valence-corrected chi connectivity index (χ3v) is 2.86. The first-order chi connectivity index (χ1) is 10.1. The molecular formula is C15H25N3O3. The number of nitrogens with zero attached hydrogens (tertiary/aromatic N) is 1. The van der Waals surface area contributed by atoms with Crippen LogP contribution >= 0.6 is 0 Å². The van der Waals surface area contributed by atoms with Crippen molar-refractivity contribution in [2.24, 2.45) is 10.9 Å². The highest BCUT2D eigenvalue weighted by molar-refractivity contribution is 5.93. The minimum Gasteiger partial charge on any atom is -0.493 e. The molecule has 0 amide bonds. The van der Waals surface area contributed by atoms with Crippen molar-refractivity contribution < 1.29 is 14.6 Å². The van der Waals surface area contributed by atoms with Crippen LogP contribution in [0.2, 0.25) is 0 Å². The molecule has 6 nitrogen and oxygen atoms in total. The Hall–Kier alpha value is -1.95. The number of anilines is 1. The smallest absolute Gasteiger partial charge is 0.195 e. The monoisotopic (exact) mass is 295 g/mol. The number of rotatable bonds is 7. The lowest BCUT2D eigenvalue weighted by atomic mass is 10.2. The Morgan fingerprint density at radius 2 is 2.00 bits per heavy atom. The van der Waals surface area contributed by atoms with Gasteiger partial charge in [0.1, 0.15) is 0 Å². The minimum atomic E-state index is 0.124. The topological polar surface area (TPSA) is 75.1 Å². The highest BCUT2D eigenvalue weighted by atomic mass is 16.5. The van der Waals surface area contributed by atoms with Crippen molar-refractivity contribution in [1.29, 1.82) is 0 Å². The molecule has 1 atom stereocenters. The van der Waals surface area contributed by atoms with E-state index in [0.717, 1.165) is 12.2 Å². The lowest BCUT2D eigenvalue weighted by Gasteiger charge is -2.14. The predicted octanol–water partition coefficient (Wildman–Crippen LogP) is 1.71. The summed E-state index contributed by atoms with van der Waals surface area (Å²) in [5.74, 6) is 2.14. The van der Waals surface area contributed by atoms with Crippen molar-refractivity contribution in [2.75, 3.05) is 39.2 Å². The highest BCUT2D eigenvalue weighted by Gasteiger charge is 2.06. The summed E-state index contributed by atoms with van der Waals surface area (Å²) in [6.45, 7) is 5.38. The van der Waals surface area contributed by atoms with Crippen LogP contribution in [0.25, 0.3) is 0 Å². The second-order valence-corrected chi connectivity index (χ2v) is 4.70. The third kappa shape index (κ3) is 5.51. The molecular weight excluding hydrogens is 270 g/mol. The molecule has 0 aromatic heterocycles. The molecule has 1 aromatic rings. The maximum absolute atomic E-state index is 9.05. The van der Waals surface area contributed by atoms with E-state index in [1.54, 1.807) is 14.2 Å². The van der Waals surface area contributed by atoms with E-state index in [1.165, 1.54) is 0 Å². The van der Waals surface area contributed by atoms with Gasteiger partial charge in [0.15, 0.2) is 17.5 Å². The number of nitrogens with one attached hydrogen (secondary N) is 2. The predicted molar refractivity (Wildman–Crippen MR) is 85.4 cm³/mol. The molecule has 0 aliphatic rings. The molecule has 21 heavy (non-hydrogen) atoms. The number of ether oxygens (including phenoxy) is 2. The van der Waals surface area contributed by atoms with E-state index in [9.17, 15) is 0 Å². The fourth-order valence-corrected chi connectivity index (χ4v) is 1.66. The number of methoxy groups -OCH3 is 2. The molecule has 118 valence electrons. The largest absolute Gasteiger partial charge is 0.493 e. The molecule has 0 saturated heterocycles. The summed E-state index contributed by atoms with van der Waals surface area (Å²) >= 11 is 0. The molecule has 0 aliphatic carbocycles. The molecule has 0 spiro atoms. The molecule has 0 radical (unpaired) electrons. The van der Waals surface area contributed by atoms with Gasteiger partial charge >= 0.3 is 0 Å². The fourth-order valence-electron chi connectivity index (χ4n) is 1.66. The van der Waals surface area contributed by atoms with Gasteiger partial charge in [-0.2, -0.15) is 0 Å². The molecule has 3 N–H and O–H groups in total. The van der Waals surface area contributed by atoms with Crippen LogP contribution in [0.15, 0.2) is 23.2 Å². The first-order valence-corrected chi connectivity index (χ1v) is 7.02. The Morgan fingerprint density at radius 1 is 1.29 bits per heavy atom. The van der Waals surface area contributed by atoms with Gasteiger partial charge in [0.05, 0.1) is 14.2 Å². The first kappa shape index (κ1) is 17.1. The summed E-state index contributed by atoms with van der Waals surface area (Å²) in [5.41, 5.74) is 0.851. The number of aliphatic hydroxyl groups is 1. The third-order valence-electron chi connectivity index (χ3n) is 2.86.